The van der Waals surface area contributed by atoms with Gasteiger partial charge in [-0.2, -0.15) is 0 Å². The Labute approximate surface area is 128 Å². The summed E-state index contributed by atoms with van der Waals surface area (Å²) in [6.45, 7) is 5.05. The lowest BCUT2D eigenvalue weighted by molar-refractivity contribution is 0.0944. The molecule has 0 saturated carbocycles. The number of fused-ring (bicyclic) bond motifs is 1. The zero-order valence-corrected chi connectivity index (χ0v) is 12.6. The molecule has 0 aliphatic carbocycles. The van der Waals surface area contributed by atoms with E-state index in [0.717, 1.165) is 29.1 Å². The predicted octanol–water partition coefficient (Wildman–Crippen LogP) is 2.08. The number of hydrogen-bond acceptors (Lipinski definition) is 4. The molecule has 22 heavy (non-hydrogen) atoms. The van der Waals surface area contributed by atoms with Crippen LogP contribution in [0.15, 0.2) is 36.7 Å². The Hall–Kier alpha value is -2.76. The molecule has 0 spiro atoms. The summed E-state index contributed by atoms with van der Waals surface area (Å²) in [6.07, 6.45) is 3.06. The minimum Gasteiger partial charge on any atom is -0.343 e. The van der Waals surface area contributed by atoms with Crippen molar-refractivity contribution in [3.8, 4) is 0 Å². The number of nitrogens with one attached hydrogen (secondary N) is 1. The van der Waals surface area contributed by atoms with Gasteiger partial charge in [0.2, 0.25) is 0 Å². The van der Waals surface area contributed by atoms with Crippen molar-refractivity contribution < 1.29 is 4.79 Å². The van der Waals surface area contributed by atoms with Gasteiger partial charge in [-0.3, -0.25) is 9.78 Å². The number of amides is 1. The molecule has 6 heteroatoms. The Kier molecular flexibility index (Phi) is 3.82. The lowest BCUT2D eigenvalue weighted by Gasteiger charge is -2.07. The molecule has 1 amide bonds. The second-order valence-corrected chi connectivity index (χ2v) is 4.99. The molecule has 0 bridgehead atoms. The summed E-state index contributed by atoms with van der Waals surface area (Å²) in [5.74, 6) is 0.583. The Morgan fingerprint density at radius 2 is 2.05 bits per heavy atom. The fourth-order valence-electron chi connectivity index (χ4n) is 2.37. The second-order valence-electron chi connectivity index (χ2n) is 4.99. The lowest BCUT2D eigenvalue weighted by atomic mass is 10.3. The summed E-state index contributed by atoms with van der Waals surface area (Å²) >= 11 is 0. The van der Waals surface area contributed by atoms with Crippen LogP contribution in [0.4, 0.5) is 0 Å². The van der Waals surface area contributed by atoms with E-state index in [9.17, 15) is 4.79 Å². The van der Waals surface area contributed by atoms with Gasteiger partial charge in [-0.05, 0) is 26.0 Å². The highest BCUT2D eigenvalue weighted by Gasteiger charge is 2.12. The molecule has 1 N–H and O–H groups in total. The molecule has 112 valence electrons. The van der Waals surface area contributed by atoms with Gasteiger partial charge in [-0.15, -0.1) is 0 Å². The van der Waals surface area contributed by atoms with Crippen molar-refractivity contribution in [3.63, 3.8) is 0 Å². The number of imidazole rings is 1. The number of carbonyl (C=O) groups is 1. The molecule has 0 atom stereocenters. The average Bonchev–Trinajstić information content (AvgIpc) is 2.90. The SMILES string of the molecule is CCn1c(CNC(=O)c2cnc(C)cn2)nc2ccccc21. The van der Waals surface area contributed by atoms with Gasteiger partial charge in [0.25, 0.3) is 5.91 Å². The maximum atomic E-state index is 12.1. The number of carbonyl (C=O) groups excluding carboxylic acids is 1. The molecule has 0 radical (unpaired) electrons. The minimum absolute atomic E-state index is 0.248. The minimum atomic E-state index is -0.248. The van der Waals surface area contributed by atoms with Gasteiger partial charge in [0, 0.05) is 12.7 Å². The molecule has 0 saturated heterocycles. The van der Waals surface area contributed by atoms with E-state index in [-0.39, 0.29) is 5.91 Å². The zero-order valence-electron chi connectivity index (χ0n) is 12.6. The maximum absolute atomic E-state index is 12.1. The van der Waals surface area contributed by atoms with Crippen LogP contribution in [0.5, 0.6) is 0 Å². The summed E-state index contributed by atoms with van der Waals surface area (Å²) < 4.78 is 2.09. The molecule has 2 heterocycles. The highest BCUT2D eigenvalue weighted by atomic mass is 16.1. The number of aryl methyl sites for hydroxylation is 2. The van der Waals surface area contributed by atoms with E-state index in [1.165, 1.54) is 6.20 Å². The van der Waals surface area contributed by atoms with Gasteiger partial charge in [0.1, 0.15) is 11.5 Å². The summed E-state index contributed by atoms with van der Waals surface area (Å²) in [4.78, 5) is 24.8. The monoisotopic (exact) mass is 295 g/mol. The van der Waals surface area contributed by atoms with Crippen molar-refractivity contribution in [1.82, 2.24) is 24.8 Å². The van der Waals surface area contributed by atoms with Crippen molar-refractivity contribution >= 4 is 16.9 Å². The van der Waals surface area contributed by atoms with Gasteiger partial charge in [-0.1, -0.05) is 12.1 Å². The Morgan fingerprint density at radius 1 is 1.23 bits per heavy atom. The molecular formula is C16H17N5O. The Bertz CT molecular complexity index is 807. The number of para-hydroxylation sites is 2. The van der Waals surface area contributed by atoms with Crippen LogP contribution >= 0.6 is 0 Å². The van der Waals surface area contributed by atoms with Gasteiger partial charge < -0.3 is 9.88 Å². The van der Waals surface area contributed by atoms with Crippen molar-refractivity contribution in [2.75, 3.05) is 0 Å². The second kappa shape index (κ2) is 5.93. The summed E-state index contributed by atoms with van der Waals surface area (Å²) in [5.41, 5.74) is 3.10. The van der Waals surface area contributed by atoms with Crippen LogP contribution in [-0.4, -0.2) is 25.4 Å². The normalized spacial score (nSPS) is 10.8. The number of benzene rings is 1. The third kappa shape index (κ3) is 2.67. The first-order valence-electron chi connectivity index (χ1n) is 7.20. The van der Waals surface area contributed by atoms with Crippen LogP contribution in [0.25, 0.3) is 11.0 Å². The third-order valence-corrected chi connectivity index (χ3v) is 3.47. The molecule has 1 aromatic carbocycles. The van der Waals surface area contributed by atoms with Crippen molar-refractivity contribution in [2.45, 2.75) is 26.9 Å². The molecule has 6 nitrogen and oxygen atoms in total. The Morgan fingerprint density at radius 3 is 2.77 bits per heavy atom. The zero-order chi connectivity index (χ0) is 15.5. The van der Waals surface area contributed by atoms with Gasteiger partial charge in [0.15, 0.2) is 0 Å². The van der Waals surface area contributed by atoms with E-state index in [0.29, 0.717) is 12.2 Å². The van der Waals surface area contributed by atoms with Crippen LogP contribution in [0, 0.1) is 6.92 Å². The maximum Gasteiger partial charge on any atom is 0.271 e. The number of aromatic nitrogens is 4. The molecular weight excluding hydrogens is 278 g/mol. The standard InChI is InChI=1S/C16H17N5O/c1-3-21-14-7-5-4-6-12(14)20-15(21)10-19-16(22)13-9-17-11(2)8-18-13/h4-9H,3,10H2,1-2H3,(H,19,22). The summed E-state index contributed by atoms with van der Waals surface area (Å²) in [5, 5.41) is 2.85. The highest BCUT2D eigenvalue weighted by Crippen LogP contribution is 2.15. The van der Waals surface area contributed by atoms with E-state index >= 15 is 0 Å². The average molecular weight is 295 g/mol. The molecule has 2 aromatic heterocycles. The summed E-state index contributed by atoms with van der Waals surface area (Å²) in [7, 11) is 0. The highest BCUT2D eigenvalue weighted by molar-refractivity contribution is 5.91. The van der Waals surface area contributed by atoms with Crippen molar-refractivity contribution in [1.29, 1.82) is 0 Å². The van der Waals surface area contributed by atoms with Crippen molar-refractivity contribution in [3.05, 3.63) is 53.9 Å². The van der Waals surface area contributed by atoms with Gasteiger partial charge in [0.05, 0.1) is 29.5 Å². The fraction of sp³-hybridized carbons (Fsp3) is 0.250. The van der Waals surface area contributed by atoms with Crippen LogP contribution < -0.4 is 5.32 Å². The molecule has 0 unspecified atom stereocenters. The third-order valence-electron chi connectivity index (χ3n) is 3.47. The van der Waals surface area contributed by atoms with E-state index in [2.05, 4.69) is 31.8 Å². The number of hydrogen-bond donors (Lipinski definition) is 1. The molecule has 0 aliphatic rings. The number of rotatable bonds is 4. The van der Waals surface area contributed by atoms with E-state index in [1.54, 1.807) is 6.20 Å². The number of nitrogens with zero attached hydrogens (tertiary/aromatic N) is 4. The van der Waals surface area contributed by atoms with E-state index in [1.807, 2.05) is 31.2 Å². The van der Waals surface area contributed by atoms with E-state index < -0.39 is 0 Å². The largest absolute Gasteiger partial charge is 0.343 e. The predicted molar refractivity (Wildman–Crippen MR) is 83.3 cm³/mol. The van der Waals surface area contributed by atoms with Crippen molar-refractivity contribution in [2.24, 2.45) is 0 Å². The van der Waals surface area contributed by atoms with Crippen LogP contribution in [-0.2, 0) is 13.1 Å². The lowest BCUT2D eigenvalue weighted by Crippen LogP contribution is -2.25. The van der Waals surface area contributed by atoms with Gasteiger partial charge in [-0.25, -0.2) is 9.97 Å². The van der Waals surface area contributed by atoms with E-state index in [4.69, 9.17) is 0 Å². The van der Waals surface area contributed by atoms with Gasteiger partial charge >= 0.3 is 0 Å². The van der Waals surface area contributed by atoms with Crippen LogP contribution in [0.3, 0.4) is 0 Å². The first kappa shape index (κ1) is 14.2. The summed E-state index contributed by atoms with van der Waals surface area (Å²) in [6, 6.07) is 7.95. The molecule has 3 rings (SSSR count). The molecule has 3 aromatic rings. The van der Waals surface area contributed by atoms with Crippen LogP contribution in [0.1, 0.15) is 28.9 Å². The van der Waals surface area contributed by atoms with Crippen LogP contribution in [0.2, 0.25) is 0 Å². The topological polar surface area (TPSA) is 72.7 Å². The first-order valence-corrected chi connectivity index (χ1v) is 7.20. The molecule has 0 aliphatic heterocycles. The first-order chi connectivity index (χ1) is 10.7. The molecule has 0 fully saturated rings. The fourth-order valence-corrected chi connectivity index (χ4v) is 2.37. The smallest absolute Gasteiger partial charge is 0.271 e. The Balaban J connectivity index is 1.79. The quantitative estimate of drug-likeness (QED) is 0.800.